The van der Waals surface area contributed by atoms with Gasteiger partial charge < -0.3 is 5.73 Å². The highest BCUT2D eigenvalue weighted by molar-refractivity contribution is 5.30. The second-order valence-corrected chi connectivity index (χ2v) is 5.88. The van der Waals surface area contributed by atoms with Crippen LogP contribution in [0.15, 0.2) is 24.3 Å². The van der Waals surface area contributed by atoms with Crippen molar-refractivity contribution in [1.82, 2.24) is 4.90 Å². The molecule has 2 atom stereocenters. The van der Waals surface area contributed by atoms with Crippen molar-refractivity contribution in [1.29, 1.82) is 0 Å². The van der Waals surface area contributed by atoms with Crippen LogP contribution in [0.4, 0.5) is 0 Å². The molecule has 0 bridgehead atoms. The van der Waals surface area contributed by atoms with Crippen LogP contribution in [0.25, 0.3) is 0 Å². The van der Waals surface area contributed by atoms with Gasteiger partial charge in [-0.15, -0.1) is 0 Å². The number of piperidine rings is 1. The molecule has 100 valence electrons. The molecule has 0 radical (unpaired) electrons. The molecule has 1 aromatic carbocycles. The van der Waals surface area contributed by atoms with Crippen LogP contribution < -0.4 is 5.73 Å². The predicted octanol–water partition coefficient (Wildman–Crippen LogP) is 3.12. The van der Waals surface area contributed by atoms with E-state index in [1.807, 2.05) is 0 Å². The topological polar surface area (TPSA) is 29.3 Å². The number of benzene rings is 1. The van der Waals surface area contributed by atoms with Gasteiger partial charge in [-0.05, 0) is 56.8 Å². The van der Waals surface area contributed by atoms with Crippen LogP contribution in [0.2, 0.25) is 0 Å². The van der Waals surface area contributed by atoms with Crippen molar-refractivity contribution >= 4 is 0 Å². The zero-order valence-electron chi connectivity index (χ0n) is 11.9. The summed E-state index contributed by atoms with van der Waals surface area (Å²) in [5.41, 5.74) is 9.03. The Labute approximate surface area is 111 Å². The first-order chi connectivity index (χ1) is 8.59. The Morgan fingerprint density at radius 2 is 1.83 bits per heavy atom. The van der Waals surface area contributed by atoms with Crippen LogP contribution in [-0.4, -0.2) is 24.0 Å². The fourth-order valence-corrected chi connectivity index (χ4v) is 3.04. The molecule has 2 rings (SSSR count). The van der Waals surface area contributed by atoms with Crippen molar-refractivity contribution in [3.8, 4) is 0 Å². The summed E-state index contributed by atoms with van der Waals surface area (Å²) < 4.78 is 0. The predicted molar refractivity (Wildman–Crippen MR) is 77.5 cm³/mol. The lowest BCUT2D eigenvalue weighted by molar-refractivity contribution is 0.123. The van der Waals surface area contributed by atoms with Crippen LogP contribution >= 0.6 is 0 Å². The van der Waals surface area contributed by atoms with Gasteiger partial charge >= 0.3 is 0 Å². The Hall–Kier alpha value is -0.860. The molecular weight excluding hydrogens is 220 g/mol. The van der Waals surface area contributed by atoms with Gasteiger partial charge in [0.25, 0.3) is 0 Å². The molecule has 1 aliphatic rings. The minimum absolute atomic E-state index is 0.180. The summed E-state index contributed by atoms with van der Waals surface area (Å²) in [6.45, 7) is 9.04. The summed E-state index contributed by atoms with van der Waals surface area (Å²) in [7, 11) is 0. The van der Waals surface area contributed by atoms with Gasteiger partial charge in [0.05, 0.1) is 0 Å². The molecule has 1 fully saturated rings. The van der Waals surface area contributed by atoms with Crippen molar-refractivity contribution in [3.05, 3.63) is 35.4 Å². The van der Waals surface area contributed by atoms with Crippen LogP contribution in [-0.2, 0) is 0 Å². The molecule has 18 heavy (non-hydrogen) atoms. The summed E-state index contributed by atoms with van der Waals surface area (Å²) in [6.07, 6.45) is 2.60. The second kappa shape index (κ2) is 5.85. The van der Waals surface area contributed by atoms with Gasteiger partial charge in [0.2, 0.25) is 0 Å². The maximum atomic E-state index is 6.26. The van der Waals surface area contributed by atoms with Crippen molar-refractivity contribution < 1.29 is 0 Å². The average molecular weight is 246 g/mol. The Bertz CT molecular complexity index is 378. The maximum Gasteiger partial charge on any atom is 0.0499 e. The first-order valence-electron chi connectivity index (χ1n) is 7.14. The van der Waals surface area contributed by atoms with E-state index in [0.29, 0.717) is 6.04 Å². The van der Waals surface area contributed by atoms with Crippen LogP contribution in [0.3, 0.4) is 0 Å². The standard InChI is InChI=1S/C16H26N2/c1-12-8-10-18(11-9-12)16(14(3)17)15-7-5-4-6-13(15)2/h4-7,12,14,16H,8-11,17H2,1-3H3. The Morgan fingerprint density at radius 3 is 2.39 bits per heavy atom. The fourth-order valence-electron chi connectivity index (χ4n) is 3.04. The first kappa shape index (κ1) is 13.6. The van der Waals surface area contributed by atoms with Crippen molar-refractivity contribution in [2.24, 2.45) is 11.7 Å². The monoisotopic (exact) mass is 246 g/mol. The number of hydrogen-bond donors (Lipinski definition) is 1. The molecule has 1 heterocycles. The third-order valence-electron chi connectivity index (χ3n) is 4.22. The van der Waals surface area contributed by atoms with E-state index in [0.717, 1.165) is 5.92 Å². The minimum Gasteiger partial charge on any atom is -0.326 e. The molecule has 2 unspecified atom stereocenters. The van der Waals surface area contributed by atoms with Gasteiger partial charge in [0.15, 0.2) is 0 Å². The number of nitrogens with zero attached hydrogens (tertiary/aromatic N) is 1. The van der Waals surface area contributed by atoms with Gasteiger partial charge in [0.1, 0.15) is 0 Å². The zero-order chi connectivity index (χ0) is 13.1. The quantitative estimate of drug-likeness (QED) is 0.888. The number of likely N-dealkylation sites (tertiary alicyclic amines) is 1. The summed E-state index contributed by atoms with van der Waals surface area (Å²) in [5, 5.41) is 0. The molecule has 0 amide bonds. The molecule has 0 spiro atoms. The van der Waals surface area contributed by atoms with Gasteiger partial charge in [-0.3, -0.25) is 4.90 Å². The highest BCUT2D eigenvalue weighted by Gasteiger charge is 2.27. The van der Waals surface area contributed by atoms with E-state index in [9.17, 15) is 0 Å². The summed E-state index contributed by atoms with van der Waals surface area (Å²) >= 11 is 0. The van der Waals surface area contributed by atoms with E-state index in [2.05, 4.69) is 49.9 Å². The lowest BCUT2D eigenvalue weighted by Gasteiger charge is -2.39. The molecular formula is C16H26N2. The van der Waals surface area contributed by atoms with Crippen LogP contribution in [0.5, 0.6) is 0 Å². The average Bonchev–Trinajstić information content (AvgIpc) is 2.34. The number of nitrogens with two attached hydrogens (primary N) is 1. The molecule has 1 aliphatic heterocycles. The molecule has 2 nitrogen and oxygen atoms in total. The van der Waals surface area contributed by atoms with Gasteiger partial charge in [0, 0.05) is 12.1 Å². The molecule has 1 aromatic rings. The smallest absolute Gasteiger partial charge is 0.0499 e. The maximum absolute atomic E-state index is 6.26. The third-order valence-corrected chi connectivity index (χ3v) is 4.22. The Balaban J connectivity index is 2.21. The summed E-state index contributed by atoms with van der Waals surface area (Å²) in [5.74, 6) is 0.867. The molecule has 0 aliphatic carbocycles. The molecule has 0 saturated carbocycles. The highest BCUT2D eigenvalue weighted by atomic mass is 15.2. The minimum atomic E-state index is 0.180. The molecule has 1 saturated heterocycles. The zero-order valence-corrected chi connectivity index (χ0v) is 11.9. The first-order valence-corrected chi connectivity index (χ1v) is 7.14. The van der Waals surface area contributed by atoms with Gasteiger partial charge in [-0.25, -0.2) is 0 Å². The van der Waals surface area contributed by atoms with E-state index >= 15 is 0 Å². The normalized spacial score (nSPS) is 21.8. The molecule has 0 aromatic heterocycles. The van der Waals surface area contributed by atoms with Gasteiger partial charge in [-0.2, -0.15) is 0 Å². The second-order valence-electron chi connectivity index (χ2n) is 5.88. The van der Waals surface area contributed by atoms with Gasteiger partial charge in [-0.1, -0.05) is 31.2 Å². The summed E-state index contributed by atoms with van der Waals surface area (Å²) in [6, 6.07) is 9.22. The SMILES string of the molecule is Cc1ccccc1C(C(C)N)N1CCC(C)CC1. The third kappa shape index (κ3) is 2.93. The largest absolute Gasteiger partial charge is 0.326 e. The van der Waals surface area contributed by atoms with E-state index in [1.165, 1.54) is 37.1 Å². The molecule has 2 heteroatoms. The van der Waals surface area contributed by atoms with E-state index in [-0.39, 0.29) is 6.04 Å². The van der Waals surface area contributed by atoms with Crippen LogP contribution in [0.1, 0.15) is 43.9 Å². The Kier molecular flexibility index (Phi) is 4.41. The number of rotatable bonds is 3. The summed E-state index contributed by atoms with van der Waals surface area (Å²) in [4.78, 5) is 2.58. The lowest BCUT2D eigenvalue weighted by Crippen LogP contribution is -2.43. The van der Waals surface area contributed by atoms with Crippen LogP contribution in [0, 0.1) is 12.8 Å². The van der Waals surface area contributed by atoms with Crippen molar-refractivity contribution in [3.63, 3.8) is 0 Å². The van der Waals surface area contributed by atoms with E-state index in [4.69, 9.17) is 5.73 Å². The number of hydrogen-bond acceptors (Lipinski definition) is 2. The van der Waals surface area contributed by atoms with E-state index in [1.54, 1.807) is 0 Å². The Morgan fingerprint density at radius 1 is 1.22 bits per heavy atom. The molecule has 2 N–H and O–H groups in total. The number of aryl methyl sites for hydroxylation is 1. The highest BCUT2D eigenvalue weighted by Crippen LogP contribution is 2.30. The van der Waals surface area contributed by atoms with Crippen molar-refractivity contribution in [2.75, 3.05) is 13.1 Å². The van der Waals surface area contributed by atoms with E-state index < -0.39 is 0 Å². The van der Waals surface area contributed by atoms with Crippen molar-refractivity contribution in [2.45, 2.75) is 45.7 Å². The fraction of sp³-hybridized carbons (Fsp3) is 0.625. The lowest BCUT2D eigenvalue weighted by atomic mass is 9.91.